The number of benzene rings is 1. The molecule has 2 aliphatic heterocycles. The quantitative estimate of drug-likeness (QED) is 0.477. The number of carbonyl (C=O) groups is 2. The van der Waals surface area contributed by atoms with Crippen LogP contribution in [0.5, 0.6) is 11.5 Å². The number of methoxy groups -OCH3 is 2. The Bertz CT molecular complexity index is 1460. The Balaban J connectivity index is 1.41. The lowest BCUT2D eigenvalue weighted by Crippen LogP contribution is -2.40. The van der Waals surface area contributed by atoms with E-state index in [1.165, 1.54) is 19.4 Å². The smallest absolute Gasteiger partial charge is 0.407 e. The molecule has 4 heterocycles. The highest BCUT2D eigenvalue weighted by Crippen LogP contribution is 2.39. The van der Waals surface area contributed by atoms with Gasteiger partial charge in [-0.15, -0.1) is 0 Å². The van der Waals surface area contributed by atoms with Gasteiger partial charge >= 0.3 is 6.09 Å². The summed E-state index contributed by atoms with van der Waals surface area (Å²) in [6, 6.07) is 9.54. The summed E-state index contributed by atoms with van der Waals surface area (Å²) >= 11 is 0. The molecule has 1 saturated heterocycles. The maximum absolute atomic E-state index is 14.9. The first-order chi connectivity index (χ1) is 19.1. The number of carbonyl (C=O) groups excluding carboxylic acids is 2. The normalized spacial score (nSPS) is 16.6. The number of amides is 2. The van der Waals surface area contributed by atoms with Crippen LogP contribution in [0.15, 0.2) is 42.6 Å². The standard InChI is InChI=1S/C29H32FN5O5/c1-29(2,3)40-28(37)32-17-12-14-34(15-17)26-22(39-5)9-10-23(33-26)35-16-19-18(27(35)36)11-13-31-25(19)24-20(30)7-6-8-21(24)38-4/h6-11,13,17H,12,14-16H2,1-5H3,(H,32,37). The van der Waals surface area contributed by atoms with E-state index < -0.39 is 17.5 Å². The van der Waals surface area contributed by atoms with Crippen molar-refractivity contribution in [2.45, 2.75) is 45.4 Å². The minimum absolute atomic E-state index is 0.132. The van der Waals surface area contributed by atoms with Crippen molar-refractivity contribution < 1.29 is 28.2 Å². The number of anilines is 2. The summed E-state index contributed by atoms with van der Waals surface area (Å²) in [5.41, 5.74) is 0.997. The number of nitrogens with zero attached hydrogens (tertiary/aromatic N) is 4. The summed E-state index contributed by atoms with van der Waals surface area (Å²) in [5.74, 6) is 1.12. The number of hydrogen-bond donors (Lipinski definition) is 1. The van der Waals surface area contributed by atoms with E-state index in [1.54, 1.807) is 42.3 Å². The first kappa shape index (κ1) is 27.2. The summed E-state index contributed by atoms with van der Waals surface area (Å²) in [7, 11) is 3.02. The van der Waals surface area contributed by atoms with Crippen LogP contribution in [0.25, 0.3) is 11.3 Å². The molecule has 1 N–H and O–H groups in total. The number of pyridine rings is 2. The summed E-state index contributed by atoms with van der Waals surface area (Å²) in [4.78, 5) is 38.6. The predicted molar refractivity (Wildman–Crippen MR) is 147 cm³/mol. The van der Waals surface area contributed by atoms with Crippen LogP contribution in [-0.4, -0.2) is 60.9 Å². The summed E-state index contributed by atoms with van der Waals surface area (Å²) in [6.07, 6.45) is 1.72. The Labute approximate surface area is 232 Å². The van der Waals surface area contributed by atoms with Crippen molar-refractivity contribution in [3.63, 3.8) is 0 Å². The lowest BCUT2D eigenvalue weighted by atomic mass is 10.0. The molecule has 0 bridgehead atoms. The molecule has 1 fully saturated rings. The van der Waals surface area contributed by atoms with Crippen LogP contribution in [0.2, 0.25) is 0 Å². The van der Waals surface area contributed by atoms with Gasteiger partial charge in [0.15, 0.2) is 11.6 Å². The Hall–Kier alpha value is -4.41. The molecule has 0 aliphatic carbocycles. The van der Waals surface area contributed by atoms with Crippen molar-refractivity contribution in [2.24, 2.45) is 0 Å². The molecule has 10 nitrogen and oxygen atoms in total. The van der Waals surface area contributed by atoms with Gasteiger partial charge in [0.2, 0.25) is 0 Å². The maximum Gasteiger partial charge on any atom is 0.407 e. The minimum Gasteiger partial charge on any atom is -0.496 e. The number of fused-ring (bicyclic) bond motifs is 1. The minimum atomic E-state index is -0.589. The number of rotatable bonds is 6. The number of hydrogen-bond acceptors (Lipinski definition) is 8. The van der Waals surface area contributed by atoms with Gasteiger partial charge in [0, 0.05) is 30.4 Å². The second-order valence-electron chi connectivity index (χ2n) is 10.7. The van der Waals surface area contributed by atoms with Crippen molar-refractivity contribution in [2.75, 3.05) is 37.1 Å². The van der Waals surface area contributed by atoms with E-state index in [4.69, 9.17) is 19.2 Å². The summed E-state index contributed by atoms with van der Waals surface area (Å²) in [5, 5.41) is 2.91. The molecule has 5 rings (SSSR count). The van der Waals surface area contributed by atoms with Gasteiger partial charge in [0.05, 0.1) is 38.1 Å². The second-order valence-corrected chi connectivity index (χ2v) is 10.7. The van der Waals surface area contributed by atoms with Crippen molar-refractivity contribution in [1.82, 2.24) is 15.3 Å². The van der Waals surface area contributed by atoms with Crippen LogP contribution < -0.4 is 24.6 Å². The number of alkyl carbamates (subject to hydrolysis) is 1. The van der Waals surface area contributed by atoms with Gasteiger partial charge < -0.3 is 24.4 Å². The number of nitrogens with one attached hydrogen (secondary N) is 1. The average molecular weight is 550 g/mol. The highest BCUT2D eigenvalue weighted by molar-refractivity contribution is 6.10. The van der Waals surface area contributed by atoms with Crippen LogP contribution >= 0.6 is 0 Å². The van der Waals surface area contributed by atoms with E-state index in [0.717, 1.165) is 0 Å². The van der Waals surface area contributed by atoms with Crippen molar-refractivity contribution in [3.8, 4) is 22.8 Å². The van der Waals surface area contributed by atoms with E-state index in [1.807, 2.05) is 25.7 Å². The Kier molecular flexibility index (Phi) is 7.22. The van der Waals surface area contributed by atoms with Gasteiger partial charge in [-0.1, -0.05) is 6.07 Å². The van der Waals surface area contributed by atoms with Gasteiger partial charge in [-0.3, -0.25) is 14.7 Å². The molecule has 1 unspecified atom stereocenters. The molecule has 0 spiro atoms. The maximum atomic E-state index is 14.9. The molecule has 1 atom stereocenters. The second kappa shape index (κ2) is 10.6. The van der Waals surface area contributed by atoms with Gasteiger partial charge in [-0.2, -0.15) is 0 Å². The third kappa shape index (κ3) is 5.23. The molecule has 0 saturated carbocycles. The fourth-order valence-electron chi connectivity index (χ4n) is 5.04. The van der Waals surface area contributed by atoms with E-state index in [-0.39, 0.29) is 24.1 Å². The Morgan fingerprint density at radius 1 is 1.10 bits per heavy atom. The van der Waals surface area contributed by atoms with Crippen molar-refractivity contribution in [3.05, 3.63) is 59.5 Å². The molecule has 2 aliphatic rings. The molecular weight excluding hydrogens is 517 g/mol. The molecule has 2 amide bonds. The van der Waals surface area contributed by atoms with Crippen molar-refractivity contribution >= 4 is 23.6 Å². The summed E-state index contributed by atoms with van der Waals surface area (Å²) in [6.45, 7) is 6.74. The number of aromatic nitrogens is 2. The Morgan fingerprint density at radius 2 is 1.88 bits per heavy atom. The zero-order valence-electron chi connectivity index (χ0n) is 23.2. The van der Waals surface area contributed by atoms with Crippen LogP contribution in [0, 0.1) is 5.82 Å². The average Bonchev–Trinajstić information content (AvgIpc) is 3.51. The van der Waals surface area contributed by atoms with Crippen LogP contribution in [0.3, 0.4) is 0 Å². The lowest BCUT2D eigenvalue weighted by Gasteiger charge is -2.24. The molecule has 40 heavy (non-hydrogen) atoms. The number of halogens is 1. The topological polar surface area (TPSA) is 106 Å². The van der Waals surface area contributed by atoms with E-state index in [0.29, 0.717) is 59.5 Å². The third-order valence-electron chi connectivity index (χ3n) is 6.81. The largest absolute Gasteiger partial charge is 0.496 e. The highest BCUT2D eigenvalue weighted by atomic mass is 19.1. The van der Waals surface area contributed by atoms with Gasteiger partial charge in [0.25, 0.3) is 5.91 Å². The van der Waals surface area contributed by atoms with Crippen LogP contribution in [-0.2, 0) is 11.3 Å². The first-order valence-corrected chi connectivity index (χ1v) is 13.0. The SMILES string of the molecule is COc1ccc(N2Cc3c(ccnc3-c3c(F)cccc3OC)C2=O)nc1N1CCC(NC(=O)OC(C)(C)C)C1. The van der Waals surface area contributed by atoms with Gasteiger partial charge in [0.1, 0.15) is 23.0 Å². The molecule has 11 heteroatoms. The fraction of sp³-hybridized carbons (Fsp3) is 0.379. The zero-order valence-corrected chi connectivity index (χ0v) is 23.2. The van der Waals surface area contributed by atoms with Crippen molar-refractivity contribution in [1.29, 1.82) is 0 Å². The first-order valence-electron chi connectivity index (χ1n) is 13.0. The molecule has 2 aromatic heterocycles. The van der Waals surface area contributed by atoms with Crippen LogP contribution in [0.1, 0.15) is 43.1 Å². The Morgan fingerprint density at radius 3 is 2.60 bits per heavy atom. The number of ether oxygens (including phenoxy) is 3. The molecular formula is C29H32FN5O5. The van der Waals surface area contributed by atoms with Crippen LogP contribution in [0.4, 0.5) is 20.8 Å². The monoisotopic (exact) mass is 549 g/mol. The fourth-order valence-corrected chi connectivity index (χ4v) is 5.04. The van der Waals surface area contributed by atoms with E-state index in [9.17, 15) is 14.0 Å². The zero-order chi connectivity index (χ0) is 28.6. The lowest BCUT2D eigenvalue weighted by molar-refractivity contribution is 0.0508. The van der Waals surface area contributed by atoms with Gasteiger partial charge in [-0.05, 0) is 57.5 Å². The van der Waals surface area contributed by atoms with E-state index in [2.05, 4.69) is 10.3 Å². The molecule has 1 aromatic carbocycles. The molecule has 0 radical (unpaired) electrons. The third-order valence-corrected chi connectivity index (χ3v) is 6.81. The molecule has 3 aromatic rings. The highest BCUT2D eigenvalue weighted by Gasteiger charge is 2.35. The summed E-state index contributed by atoms with van der Waals surface area (Å²) < 4.78 is 31.3. The van der Waals surface area contributed by atoms with E-state index >= 15 is 0 Å². The predicted octanol–water partition coefficient (Wildman–Crippen LogP) is 4.56. The molecule has 210 valence electrons. The van der Waals surface area contributed by atoms with Gasteiger partial charge in [-0.25, -0.2) is 14.2 Å².